The summed E-state index contributed by atoms with van der Waals surface area (Å²) in [5, 5.41) is 13.6. The molecule has 1 aromatic heterocycles. The van der Waals surface area contributed by atoms with Crippen molar-refractivity contribution in [2.75, 3.05) is 12.9 Å². The quantitative estimate of drug-likeness (QED) is 0.932. The normalized spacial score (nSPS) is 15.0. The average Bonchev–Trinajstić information content (AvgIpc) is 2.86. The number of carboxylic acids is 1. The maximum Gasteiger partial charge on any atom is 0.343 e. The molecule has 1 aliphatic heterocycles. The van der Waals surface area contributed by atoms with Crippen LogP contribution >= 0.6 is 0 Å². The lowest BCUT2D eigenvalue weighted by Crippen LogP contribution is -2.16. The van der Waals surface area contributed by atoms with Crippen LogP contribution in [0.1, 0.15) is 16.8 Å². The fourth-order valence-corrected chi connectivity index (χ4v) is 2.90. The van der Waals surface area contributed by atoms with Gasteiger partial charge in [0.2, 0.25) is 5.88 Å². The van der Waals surface area contributed by atoms with Gasteiger partial charge in [0.1, 0.15) is 17.1 Å². The molecule has 1 N–H and O–H groups in total. The van der Waals surface area contributed by atoms with E-state index < -0.39 is 22.6 Å². The molecule has 0 saturated heterocycles. The third-order valence-corrected chi connectivity index (χ3v) is 4.32. The lowest BCUT2D eigenvalue weighted by Gasteiger charge is -2.14. The summed E-state index contributed by atoms with van der Waals surface area (Å²) in [5.74, 6) is -1.73. The number of rotatable bonds is 3. The third-order valence-electron chi connectivity index (χ3n) is 3.40. The van der Waals surface area contributed by atoms with Gasteiger partial charge in [-0.2, -0.15) is 5.10 Å². The van der Waals surface area contributed by atoms with Crippen molar-refractivity contribution in [3.05, 3.63) is 29.6 Å². The van der Waals surface area contributed by atoms with Gasteiger partial charge in [-0.1, -0.05) is 0 Å². The summed E-state index contributed by atoms with van der Waals surface area (Å²) in [4.78, 5) is 11.8. The number of aromatic carboxylic acids is 1. The van der Waals surface area contributed by atoms with E-state index in [1.54, 1.807) is 0 Å². The molecule has 8 heteroatoms. The first-order chi connectivity index (χ1) is 10.5. The second-order valence-electron chi connectivity index (χ2n) is 4.85. The van der Waals surface area contributed by atoms with Crippen LogP contribution < -0.4 is 4.74 Å². The van der Waals surface area contributed by atoms with Crippen LogP contribution in [0, 0.1) is 5.82 Å². The minimum Gasteiger partial charge on any atom is -0.477 e. The Morgan fingerprint density at radius 3 is 2.91 bits per heavy atom. The SMILES string of the molecule is CS(=O)c1ccc(-c2nn3c(c2C(=O)O)OCCC3)c(F)c1. The number of carbonyl (C=O) groups is 1. The summed E-state index contributed by atoms with van der Waals surface area (Å²) >= 11 is 0. The minimum atomic E-state index is -1.32. The van der Waals surface area contributed by atoms with E-state index in [9.17, 15) is 18.5 Å². The largest absolute Gasteiger partial charge is 0.477 e. The highest BCUT2D eigenvalue weighted by Gasteiger charge is 2.29. The van der Waals surface area contributed by atoms with Gasteiger partial charge in [0, 0.05) is 40.5 Å². The Kier molecular flexibility index (Phi) is 3.69. The number of aromatic nitrogens is 2. The van der Waals surface area contributed by atoms with Crippen LogP contribution in [0.4, 0.5) is 4.39 Å². The molecule has 0 spiro atoms. The number of aryl methyl sites for hydroxylation is 1. The molecule has 1 aromatic carbocycles. The Morgan fingerprint density at radius 2 is 2.27 bits per heavy atom. The summed E-state index contributed by atoms with van der Waals surface area (Å²) in [6, 6.07) is 4.03. The fourth-order valence-electron chi connectivity index (χ4n) is 2.38. The van der Waals surface area contributed by atoms with Crippen molar-refractivity contribution in [1.82, 2.24) is 9.78 Å². The molecule has 22 heavy (non-hydrogen) atoms. The van der Waals surface area contributed by atoms with Crippen LogP contribution in [0.15, 0.2) is 23.1 Å². The Morgan fingerprint density at radius 1 is 1.50 bits per heavy atom. The first kappa shape index (κ1) is 14.7. The molecule has 0 amide bonds. The van der Waals surface area contributed by atoms with Crippen molar-refractivity contribution < 1.29 is 23.2 Å². The molecule has 0 fully saturated rings. The Hall–Kier alpha value is -2.22. The van der Waals surface area contributed by atoms with E-state index in [1.165, 1.54) is 23.1 Å². The van der Waals surface area contributed by atoms with Crippen molar-refractivity contribution in [1.29, 1.82) is 0 Å². The highest BCUT2D eigenvalue weighted by molar-refractivity contribution is 7.84. The van der Waals surface area contributed by atoms with Gasteiger partial charge in [0.05, 0.1) is 6.61 Å². The first-order valence-electron chi connectivity index (χ1n) is 6.59. The molecule has 1 atom stereocenters. The zero-order chi connectivity index (χ0) is 15.9. The number of carboxylic acid groups (broad SMARTS) is 1. The standard InChI is InChI=1S/C14H13FN2O4S/c1-22(20)8-3-4-9(10(15)7-8)12-11(14(18)19)13-17(16-12)5-2-6-21-13/h3-4,7H,2,5-6H2,1H3,(H,18,19). The number of fused-ring (bicyclic) bond motifs is 1. The van der Waals surface area contributed by atoms with E-state index in [0.717, 1.165) is 6.07 Å². The third kappa shape index (κ3) is 2.39. The van der Waals surface area contributed by atoms with E-state index >= 15 is 0 Å². The van der Waals surface area contributed by atoms with Gasteiger partial charge in [-0.25, -0.2) is 13.9 Å². The van der Waals surface area contributed by atoms with Crippen LogP contribution in [0.25, 0.3) is 11.3 Å². The molecule has 3 rings (SSSR count). The molecular formula is C14H13FN2O4S. The molecule has 2 heterocycles. The van der Waals surface area contributed by atoms with Gasteiger partial charge in [0.25, 0.3) is 0 Å². The molecule has 0 bridgehead atoms. The summed E-state index contributed by atoms with van der Waals surface area (Å²) in [6.45, 7) is 0.927. The highest BCUT2D eigenvalue weighted by Crippen LogP contribution is 2.34. The van der Waals surface area contributed by atoms with Crippen molar-refractivity contribution in [3.63, 3.8) is 0 Å². The molecule has 116 valence electrons. The van der Waals surface area contributed by atoms with Crippen molar-refractivity contribution in [2.24, 2.45) is 0 Å². The molecule has 1 aliphatic rings. The molecule has 0 saturated carbocycles. The van der Waals surface area contributed by atoms with Gasteiger partial charge < -0.3 is 9.84 Å². The van der Waals surface area contributed by atoms with Crippen LogP contribution in [0.5, 0.6) is 5.88 Å². The summed E-state index contributed by atoms with van der Waals surface area (Å²) in [5.41, 5.74) is -0.0728. The molecule has 2 aromatic rings. The number of hydrogen-bond acceptors (Lipinski definition) is 4. The highest BCUT2D eigenvalue weighted by atomic mass is 32.2. The zero-order valence-electron chi connectivity index (χ0n) is 11.7. The summed E-state index contributed by atoms with van der Waals surface area (Å²) < 4.78 is 32.5. The Labute approximate surface area is 128 Å². The topological polar surface area (TPSA) is 81.4 Å². The lowest BCUT2D eigenvalue weighted by molar-refractivity contribution is 0.0690. The maximum atomic E-state index is 14.3. The van der Waals surface area contributed by atoms with Gasteiger partial charge >= 0.3 is 5.97 Å². The van der Waals surface area contributed by atoms with Crippen molar-refractivity contribution in [2.45, 2.75) is 17.9 Å². The molecule has 1 unspecified atom stereocenters. The fraction of sp³-hybridized carbons (Fsp3) is 0.286. The van der Waals surface area contributed by atoms with Gasteiger partial charge in [-0.15, -0.1) is 0 Å². The lowest BCUT2D eigenvalue weighted by atomic mass is 10.1. The first-order valence-corrected chi connectivity index (χ1v) is 8.15. The second-order valence-corrected chi connectivity index (χ2v) is 6.23. The molecular weight excluding hydrogens is 311 g/mol. The van der Waals surface area contributed by atoms with Gasteiger partial charge in [-0.05, 0) is 18.2 Å². The number of nitrogens with zero attached hydrogens (tertiary/aromatic N) is 2. The van der Waals surface area contributed by atoms with Crippen LogP contribution in [0.2, 0.25) is 0 Å². The zero-order valence-corrected chi connectivity index (χ0v) is 12.5. The smallest absolute Gasteiger partial charge is 0.343 e. The predicted molar refractivity (Wildman–Crippen MR) is 77.0 cm³/mol. The van der Waals surface area contributed by atoms with E-state index in [-0.39, 0.29) is 22.7 Å². The van der Waals surface area contributed by atoms with E-state index in [2.05, 4.69) is 5.10 Å². The van der Waals surface area contributed by atoms with E-state index in [0.29, 0.717) is 24.5 Å². The Bertz CT molecular complexity index is 787. The van der Waals surface area contributed by atoms with Gasteiger partial charge in [0.15, 0.2) is 0 Å². The molecule has 0 aliphatic carbocycles. The minimum absolute atomic E-state index is 0.0235. The van der Waals surface area contributed by atoms with Crippen LogP contribution in [0.3, 0.4) is 0 Å². The monoisotopic (exact) mass is 324 g/mol. The Balaban J connectivity index is 2.18. The number of ether oxygens (including phenoxy) is 1. The summed E-state index contributed by atoms with van der Waals surface area (Å²) in [6.07, 6.45) is 2.16. The van der Waals surface area contributed by atoms with E-state index in [4.69, 9.17) is 4.74 Å². The van der Waals surface area contributed by atoms with Gasteiger partial charge in [-0.3, -0.25) is 4.21 Å². The second kappa shape index (κ2) is 5.53. The molecule has 6 nitrogen and oxygen atoms in total. The van der Waals surface area contributed by atoms with Crippen LogP contribution in [-0.2, 0) is 17.3 Å². The average molecular weight is 324 g/mol. The predicted octanol–water partition coefficient (Wildman–Crippen LogP) is 1.91. The molecule has 0 radical (unpaired) electrons. The van der Waals surface area contributed by atoms with E-state index in [1.807, 2.05) is 0 Å². The number of hydrogen-bond donors (Lipinski definition) is 1. The van der Waals surface area contributed by atoms with Crippen molar-refractivity contribution >= 4 is 16.8 Å². The van der Waals surface area contributed by atoms with Crippen molar-refractivity contribution in [3.8, 4) is 17.1 Å². The maximum absolute atomic E-state index is 14.3. The summed E-state index contributed by atoms with van der Waals surface area (Å²) in [7, 11) is -1.32. The number of halogens is 1. The number of benzene rings is 1. The van der Waals surface area contributed by atoms with Crippen LogP contribution in [-0.4, -0.2) is 37.9 Å².